The van der Waals surface area contributed by atoms with E-state index in [4.69, 9.17) is 14.5 Å². The minimum absolute atomic E-state index is 0.0734. The molecule has 1 fully saturated rings. The molecule has 1 saturated heterocycles. The topological polar surface area (TPSA) is 155 Å². The zero-order valence-corrected chi connectivity index (χ0v) is 41.4. The maximum atomic E-state index is 14.8. The second kappa shape index (κ2) is 20.5. The van der Waals surface area contributed by atoms with Crippen LogP contribution in [0.4, 0.5) is 18.0 Å². The van der Waals surface area contributed by atoms with Gasteiger partial charge in [0.15, 0.2) is 0 Å². The summed E-state index contributed by atoms with van der Waals surface area (Å²) in [5.41, 5.74) is 8.18. The van der Waals surface area contributed by atoms with Gasteiger partial charge in [0.05, 0.1) is 35.6 Å². The van der Waals surface area contributed by atoms with E-state index in [9.17, 15) is 37.1 Å². The number of alkyl halides is 3. The number of cyclic esters (lactones) is 1. The van der Waals surface area contributed by atoms with Crippen molar-refractivity contribution in [1.82, 2.24) is 34.8 Å². The lowest BCUT2D eigenvalue weighted by atomic mass is 9.84. The maximum Gasteiger partial charge on any atom is 0.414 e. The minimum atomic E-state index is -4.94. The molecule has 14 nitrogen and oxygen atoms in total. The van der Waals surface area contributed by atoms with Crippen molar-refractivity contribution in [3.63, 3.8) is 0 Å². The van der Waals surface area contributed by atoms with Crippen molar-refractivity contribution in [2.75, 3.05) is 33.9 Å². The summed E-state index contributed by atoms with van der Waals surface area (Å²) >= 11 is 0. The summed E-state index contributed by atoms with van der Waals surface area (Å²) in [7, 11) is 0.234. The number of aromatic nitrogens is 2. The molecule has 2 aromatic carbocycles. The van der Waals surface area contributed by atoms with Crippen LogP contribution < -0.4 is 10.4 Å². The first-order valence-electron chi connectivity index (χ1n) is 23.3. The Hall–Kier alpha value is -6.11. The predicted octanol–water partition coefficient (Wildman–Crippen LogP) is 7.66. The van der Waals surface area contributed by atoms with Crippen LogP contribution in [-0.2, 0) is 47.7 Å². The van der Waals surface area contributed by atoms with Crippen LogP contribution in [0.1, 0.15) is 77.3 Å². The predicted molar refractivity (Wildman–Crippen MR) is 257 cm³/mol. The van der Waals surface area contributed by atoms with Gasteiger partial charge in [0.1, 0.15) is 12.1 Å². The van der Waals surface area contributed by atoms with Crippen LogP contribution in [0.2, 0.25) is 0 Å². The molecular weight excluding hydrogens is 908 g/mol. The molecule has 2 N–H and O–H groups in total. The van der Waals surface area contributed by atoms with Crippen LogP contribution in [0.25, 0.3) is 33.3 Å². The summed E-state index contributed by atoms with van der Waals surface area (Å²) in [5, 5.41) is 2.37. The average Bonchev–Trinajstić information content (AvgIpc) is 3.92. The molecule has 3 aliphatic heterocycles. The number of nitrogens with zero attached hydrogens (tertiary/aromatic N) is 5. The summed E-state index contributed by atoms with van der Waals surface area (Å²) < 4.78 is 57.1. The van der Waals surface area contributed by atoms with E-state index in [-0.39, 0.29) is 25.3 Å². The Balaban J connectivity index is 1.29. The highest BCUT2D eigenvalue weighted by Crippen LogP contribution is 2.42. The molecule has 4 atom stereocenters. The van der Waals surface area contributed by atoms with Gasteiger partial charge in [-0.15, -0.1) is 0 Å². The maximum absolute atomic E-state index is 14.8. The summed E-state index contributed by atoms with van der Waals surface area (Å²) in [5.74, 6) is -5.48. The van der Waals surface area contributed by atoms with Crippen LogP contribution in [0.15, 0.2) is 85.2 Å². The minimum Gasteiger partial charge on any atom is -0.464 e. The number of rotatable bonds is 10. The number of carbonyl (C=O) groups excluding carboxylic acids is 5. The fourth-order valence-corrected chi connectivity index (χ4v) is 11.7. The van der Waals surface area contributed by atoms with Crippen molar-refractivity contribution in [3.05, 3.63) is 102 Å². The number of hydrogen-bond acceptors (Lipinski definition) is 9. The van der Waals surface area contributed by atoms with Crippen LogP contribution in [0.3, 0.4) is 0 Å². The molecule has 0 aliphatic carbocycles. The second-order valence-corrected chi connectivity index (χ2v) is 21.1. The summed E-state index contributed by atoms with van der Waals surface area (Å²) in [6.07, 6.45) is -0.604. The van der Waals surface area contributed by atoms with Gasteiger partial charge in [-0.1, -0.05) is 64.6 Å². The number of carbonyl (C=O) groups is 5. The fraction of sp³-hybridized carbons (Fsp3) is 0.451. The van der Waals surface area contributed by atoms with Crippen LogP contribution >= 0.6 is 0 Å². The number of pyridine rings is 1. The number of amides is 4. The molecule has 69 heavy (non-hydrogen) atoms. The highest BCUT2D eigenvalue weighted by molar-refractivity contribution is 6.88. The fourth-order valence-electron chi connectivity index (χ4n) is 9.76. The number of esters is 1. The van der Waals surface area contributed by atoms with E-state index < -0.39 is 85.8 Å². The normalized spacial score (nSPS) is 20.0. The molecule has 4 aromatic rings. The van der Waals surface area contributed by atoms with Gasteiger partial charge < -0.3 is 28.8 Å². The summed E-state index contributed by atoms with van der Waals surface area (Å²) in [6, 6.07) is 15.9. The molecular formula is C51H61F3N7O7Si. The lowest BCUT2D eigenvalue weighted by Crippen LogP contribution is -2.64. The molecule has 0 unspecified atom stereocenters. The number of hydrogen-bond donors (Lipinski definition) is 2. The number of halogens is 3. The Morgan fingerprint density at radius 2 is 1.84 bits per heavy atom. The lowest BCUT2D eigenvalue weighted by molar-refractivity contribution is -0.151. The Morgan fingerprint density at radius 3 is 2.52 bits per heavy atom. The Labute approximate surface area is 402 Å². The lowest BCUT2D eigenvalue weighted by Gasteiger charge is -2.36. The van der Waals surface area contributed by atoms with E-state index in [2.05, 4.69) is 66.6 Å². The smallest absolute Gasteiger partial charge is 0.414 e. The van der Waals surface area contributed by atoms with Gasteiger partial charge in [-0.25, -0.2) is 5.43 Å². The number of hydrazine groups is 1. The first kappa shape index (κ1) is 50.8. The molecule has 4 amide bonds. The number of benzene rings is 2. The van der Waals surface area contributed by atoms with Crippen molar-refractivity contribution in [2.24, 2.45) is 17.3 Å². The number of fused-ring (bicyclic) bond motifs is 6. The van der Waals surface area contributed by atoms with Crippen LogP contribution in [0.5, 0.6) is 0 Å². The van der Waals surface area contributed by atoms with Crippen molar-refractivity contribution < 1.29 is 46.6 Å². The average molecular weight is 969 g/mol. The monoisotopic (exact) mass is 968 g/mol. The van der Waals surface area contributed by atoms with Crippen molar-refractivity contribution in [1.29, 1.82) is 0 Å². The molecule has 5 heterocycles. The van der Waals surface area contributed by atoms with E-state index in [0.29, 0.717) is 32.0 Å². The van der Waals surface area contributed by atoms with Crippen molar-refractivity contribution in [2.45, 2.75) is 97.8 Å². The number of nitrogens with one attached hydrogen (secondary N) is 2. The van der Waals surface area contributed by atoms with Crippen molar-refractivity contribution >= 4 is 49.1 Å². The Morgan fingerprint density at radius 1 is 1.10 bits per heavy atom. The van der Waals surface area contributed by atoms with Crippen LogP contribution in [-0.4, -0.2) is 115 Å². The van der Waals surface area contributed by atoms with Gasteiger partial charge in [0.2, 0.25) is 23.3 Å². The first-order chi connectivity index (χ1) is 32.7. The Bertz CT molecular complexity index is 2680. The van der Waals surface area contributed by atoms with Gasteiger partial charge >= 0.3 is 12.1 Å². The van der Waals surface area contributed by atoms with Crippen molar-refractivity contribution in [3.8, 4) is 22.4 Å². The molecule has 3 aliphatic rings. The third-order valence-corrected chi connectivity index (χ3v) is 15.4. The molecule has 6 bridgehead atoms. The highest BCUT2D eigenvalue weighted by Gasteiger charge is 2.49. The molecule has 0 saturated carbocycles. The van der Waals surface area contributed by atoms with E-state index in [0.717, 1.165) is 66.0 Å². The zero-order valence-electron chi connectivity index (χ0n) is 40.4. The van der Waals surface area contributed by atoms with Gasteiger partial charge in [0.25, 0.3) is 8.96 Å². The first-order valence-corrected chi connectivity index (χ1v) is 25.0. The van der Waals surface area contributed by atoms with Gasteiger partial charge in [0, 0.05) is 68.1 Å². The molecule has 367 valence electrons. The number of likely N-dealkylation sites (N-methyl/N-ethyl adjacent to an activating group) is 1. The molecule has 18 heteroatoms. The number of methoxy groups -OCH3 is 1. The van der Waals surface area contributed by atoms with E-state index >= 15 is 0 Å². The number of ether oxygens (including phenoxy) is 2. The SMILES string of the molecule is C=CC(=O)N1C=C(C(F)(F)F)[C@H](C(=O)N(C)[C@H](C(=O)N[Si]2Cc3cccc(c3)-c3ccc4c(c3)c(c(-c3cccnc3[C@H](C)OC)n4CC)CC(C)(C)COC(=O)[C@@H]3CCCN(N3)C2=O)C(C)C)C1. The highest BCUT2D eigenvalue weighted by atomic mass is 28.3. The summed E-state index contributed by atoms with van der Waals surface area (Å²) in [6.45, 7) is 15.2. The zero-order chi connectivity index (χ0) is 50.1. The molecule has 1 radical (unpaired) electrons. The second-order valence-electron chi connectivity index (χ2n) is 19.2. The molecule has 0 spiro atoms. The standard InChI is InChI=1S/C51H61F3N7O7Si/c1-10-42(62)59-26-38(39(27-59)51(52,53)54)47(64)58(8)44(30(3)4)46(63)57-69-28-32-15-12-16-33(23-32)34-19-20-41-36(24-34)37(45(60(41)11-2)35-17-13-21-55-43(35)31(5)67-9)25-50(6,7)29-68-48(65)40-18-14-22-61(56-40)49(69)66/h10,12-13,15-17,19-21,23-24,27,30-31,38,40,44,56H,1,11,14,18,22,25-26,28-29H2,2-9H3,(H,57,63)/t31-,38+,40-,44-/m0/s1. The third kappa shape index (κ3) is 10.6. The number of aryl methyl sites for hydroxylation is 1. The van der Waals surface area contributed by atoms with Crippen LogP contribution in [0, 0.1) is 17.3 Å². The van der Waals surface area contributed by atoms with Gasteiger partial charge in [-0.3, -0.25) is 34.0 Å². The van der Waals surface area contributed by atoms with E-state index in [1.165, 1.54) is 12.1 Å². The van der Waals surface area contributed by atoms with Gasteiger partial charge in [-0.05, 0) is 97.7 Å². The quantitative estimate of drug-likeness (QED) is 0.0927. The third-order valence-electron chi connectivity index (χ3n) is 13.3. The van der Waals surface area contributed by atoms with E-state index in [1.807, 2.05) is 37.3 Å². The largest absolute Gasteiger partial charge is 0.464 e. The van der Waals surface area contributed by atoms with Gasteiger partial charge in [-0.2, -0.15) is 13.2 Å². The molecule has 2 aromatic heterocycles. The summed E-state index contributed by atoms with van der Waals surface area (Å²) in [4.78, 5) is 79.1. The van der Waals surface area contributed by atoms with E-state index in [1.54, 1.807) is 27.2 Å². The Kier molecular flexibility index (Phi) is 15.1. The molecule has 7 rings (SSSR count).